The summed E-state index contributed by atoms with van der Waals surface area (Å²) in [6.07, 6.45) is 0.853. The minimum Gasteiger partial charge on any atom is -0.493 e. The molecule has 0 saturated carbocycles. The van der Waals surface area contributed by atoms with E-state index < -0.39 is 0 Å². The van der Waals surface area contributed by atoms with Gasteiger partial charge in [-0.3, -0.25) is 9.89 Å². The van der Waals surface area contributed by atoms with E-state index in [-0.39, 0.29) is 18.3 Å². The summed E-state index contributed by atoms with van der Waals surface area (Å²) >= 11 is 0. The molecule has 7 nitrogen and oxygen atoms in total. The van der Waals surface area contributed by atoms with E-state index in [1.165, 1.54) is 0 Å². The van der Waals surface area contributed by atoms with Gasteiger partial charge in [-0.15, -0.1) is 12.4 Å². The Kier molecular flexibility index (Phi) is 5.46. The molecule has 0 atom stereocenters. The van der Waals surface area contributed by atoms with Crippen LogP contribution in [0.4, 0.5) is 5.69 Å². The van der Waals surface area contributed by atoms with Gasteiger partial charge in [-0.1, -0.05) is 0 Å². The molecule has 1 aliphatic heterocycles. The molecule has 1 aromatic heterocycles. The number of carbonyl (C=O) groups is 1. The van der Waals surface area contributed by atoms with Gasteiger partial charge in [0, 0.05) is 42.5 Å². The number of hydrogen-bond acceptors (Lipinski definition) is 5. The highest BCUT2D eigenvalue weighted by Gasteiger charge is 2.21. The van der Waals surface area contributed by atoms with Crippen molar-refractivity contribution in [2.24, 2.45) is 0 Å². The number of benzene rings is 1. The van der Waals surface area contributed by atoms with E-state index in [2.05, 4.69) is 20.8 Å². The van der Waals surface area contributed by atoms with Gasteiger partial charge in [-0.25, -0.2) is 0 Å². The number of anilines is 1. The Morgan fingerprint density at radius 1 is 1.26 bits per heavy atom. The summed E-state index contributed by atoms with van der Waals surface area (Å²) < 4.78 is 10.4. The number of nitrogens with zero attached hydrogens (tertiary/aromatic N) is 1. The van der Waals surface area contributed by atoms with Crippen LogP contribution >= 0.6 is 12.4 Å². The Hall–Kier alpha value is -2.25. The van der Waals surface area contributed by atoms with E-state index >= 15 is 0 Å². The molecule has 0 unspecified atom stereocenters. The zero-order valence-electron chi connectivity index (χ0n) is 12.9. The summed E-state index contributed by atoms with van der Waals surface area (Å²) in [4.78, 5) is 12.4. The number of rotatable bonds is 4. The molecule has 3 rings (SSSR count). The highest BCUT2D eigenvalue weighted by Crippen LogP contribution is 2.30. The Bertz CT molecular complexity index is 702. The van der Waals surface area contributed by atoms with Crippen LogP contribution in [0.2, 0.25) is 0 Å². The van der Waals surface area contributed by atoms with Crippen molar-refractivity contribution < 1.29 is 14.3 Å². The van der Waals surface area contributed by atoms with Crippen molar-refractivity contribution >= 4 is 24.0 Å². The first kappa shape index (κ1) is 17.1. The van der Waals surface area contributed by atoms with E-state index in [9.17, 15) is 4.79 Å². The average molecular weight is 339 g/mol. The Balaban J connectivity index is 0.00000192. The lowest BCUT2D eigenvalue weighted by Crippen LogP contribution is -2.25. The van der Waals surface area contributed by atoms with Crippen molar-refractivity contribution in [1.82, 2.24) is 15.5 Å². The molecule has 1 amide bonds. The fourth-order valence-corrected chi connectivity index (χ4v) is 2.52. The molecule has 124 valence electrons. The summed E-state index contributed by atoms with van der Waals surface area (Å²) in [6, 6.07) is 5.22. The van der Waals surface area contributed by atoms with Crippen LogP contribution < -0.4 is 20.1 Å². The molecule has 23 heavy (non-hydrogen) atoms. The van der Waals surface area contributed by atoms with Crippen LogP contribution in [0.3, 0.4) is 0 Å². The van der Waals surface area contributed by atoms with E-state index in [4.69, 9.17) is 9.47 Å². The molecule has 0 fully saturated rings. The fourth-order valence-electron chi connectivity index (χ4n) is 2.52. The number of ether oxygens (including phenoxy) is 2. The minimum absolute atomic E-state index is 0. The minimum atomic E-state index is -0.242. The largest absolute Gasteiger partial charge is 0.493 e. The first-order chi connectivity index (χ1) is 10.7. The van der Waals surface area contributed by atoms with Gasteiger partial charge in [0.15, 0.2) is 17.2 Å². The molecule has 1 aliphatic rings. The molecule has 0 aliphatic carbocycles. The Morgan fingerprint density at radius 3 is 2.78 bits per heavy atom. The first-order valence-corrected chi connectivity index (χ1v) is 7.03. The highest BCUT2D eigenvalue weighted by atomic mass is 35.5. The van der Waals surface area contributed by atoms with Crippen molar-refractivity contribution in [3.05, 3.63) is 35.2 Å². The van der Waals surface area contributed by atoms with Gasteiger partial charge < -0.3 is 20.1 Å². The number of hydrogen-bond donors (Lipinski definition) is 3. The lowest BCUT2D eigenvalue weighted by molar-refractivity contribution is 0.102. The Morgan fingerprint density at radius 2 is 2.04 bits per heavy atom. The maximum absolute atomic E-state index is 12.4. The zero-order chi connectivity index (χ0) is 15.5. The lowest BCUT2D eigenvalue weighted by Gasteiger charge is -2.13. The van der Waals surface area contributed by atoms with E-state index in [1.807, 2.05) is 0 Å². The molecule has 0 saturated heterocycles. The van der Waals surface area contributed by atoms with Gasteiger partial charge in [0.05, 0.1) is 14.2 Å². The van der Waals surface area contributed by atoms with Gasteiger partial charge in [-0.2, -0.15) is 5.10 Å². The Labute approximate surface area is 140 Å². The second-order valence-corrected chi connectivity index (χ2v) is 4.98. The standard InChI is InChI=1S/C15H18N4O3.ClH/c1-21-12-4-3-9(7-13(12)22-2)17-15(20)14-10-8-16-6-5-11(10)18-19-14;/h3-4,7,16H,5-6,8H2,1-2H3,(H,17,20)(H,18,19);1H. The number of fused-ring (bicyclic) bond motifs is 1. The summed E-state index contributed by atoms with van der Waals surface area (Å²) in [5.41, 5.74) is 3.01. The third kappa shape index (κ3) is 3.40. The molecule has 0 spiro atoms. The molecule has 3 N–H and O–H groups in total. The molecule has 0 radical (unpaired) electrons. The van der Waals surface area contributed by atoms with Crippen molar-refractivity contribution in [2.75, 3.05) is 26.1 Å². The van der Waals surface area contributed by atoms with Gasteiger partial charge in [-0.05, 0) is 12.1 Å². The normalized spacial score (nSPS) is 12.8. The van der Waals surface area contributed by atoms with Gasteiger partial charge in [0.2, 0.25) is 0 Å². The van der Waals surface area contributed by atoms with Crippen molar-refractivity contribution in [3.8, 4) is 11.5 Å². The molecule has 8 heteroatoms. The molecule has 2 heterocycles. The number of aromatic nitrogens is 2. The number of aromatic amines is 1. The topological polar surface area (TPSA) is 88.3 Å². The van der Waals surface area contributed by atoms with Crippen molar-refractivity contribution in [2.45, 2.75) is 13.0 Å². The van der Waals surface area contributed by atoms with Crippen molar-refractivity contribution in [3.63, 3.8) is 0 Å². The maximum Gasteiger partial charge on any atom is 0.276 e. The number of carbonyl (C=O) groups excluding carboxylic acids is 1. The summed E-state index contributed by atoms with van der Waals surface area (Å²) in [6.45, 7) is 1.55. The predicted octanol–water partition coefficient (Wildman–Crippen LogP) is 1.75. The van der Waals surface area contributed by atoms with Crippen LogP contribution in [-0.4, -0.2) is 36.9 Å². The number of H-pyrrole nitrogens is 1. The summed E-state index contributed by atoms with van der Waals surface area (Å²) in [7, 11) is 3.12. The van der Waals surface area contributed by atoms with Crippen LogP contribution in [0.25, 0.3) is 0 Å². The number of amides is 1. The van der Waals surface area contributed by atoms with Crippen LogP contribution in [-0.2, 0) is 13.0 Å². The quantitative estimate of drug-likeness (QED) is 0.790. The molecule has 0 bridgehead atoms. The van der Waals surface area contributed by atoms with Gasteiger partial charge >= 0.3 is 0 Å². The van der Waals surface area contributed by atoms with E-state index in [1.54, 1.807) is 32.4 Å². The number of nitrogens with one attached hydrogen (secondary N) is 3. The molecular weight excluding hydrogens is 320 g/mol. The van der Waals surface area contributed by atoms with Crippen LogP contribution in [0.1, 0.15) is 21.7 Å². The number of halogens is 1. The third-order valence-electron chi connectivity index (χ3n) is 3.66. The first-order valence-electron chi connectivity index (χ1n) is 7.03. The predicted molar refractivity (Wildman–Crippen MR) is 88.7 cm³/mol. The average Bonchev–Trinajstić information content (AvgIpc) is 2.98. The second-order valence-electron chi connectivity index (χ2n) is 4.98. The summed E-state index contributed by atoms with van der Waals surface area (Å²) in [5, 5.41) is 13.2. The third-order valence-corrected chi connectivity index (χ3v) is 3.66. The van der Waals surface area contributed by atoms with Gasteiger partial charge in [0.1, 0.15) is 0 Å². The second kappa shape index (κ2) is 7.34. The van der Waals surface area contributed by atoms with Crippen LogP contribution in [0, 0.1) is 0 Å². The molecule has 1 aromatic carbocycles. The number of methoxy groups -OCH3 is 2. The van der Waals surface area contributed by atoms with Gasteiger partial charge in [0.25, 0.3) is 5.91 Å². The van der Waals surface area contributed by atoms with Crippen molar-refractivity contribution in [1.29, 1.82) is 0 Å². The maximum atomic E-state index is 12.4. The van der Waals surface area contributed by atoms with E-state index in [0.29, 0.717) is 29.4 Å². The molecule has 2 aromatic rings. The molecular formula is C15H19ClN4O3. The highest BCUT2D eigenvalue weighted by molar-refractivity contribution is 6.04. The van der Waals surface area contributed by atoms with Crippen LogP contribution in [0.5, 0.6) is 11.5 Å². The smallest absolute Gasteiger partial charge is 0.276 e. The summed E-state index contributed by atoms with van der Waals surface area (Å²) in [5.74, 6) is 0.932. The lowest BCUT2D eigenvalue weighted by atomic mass is 10.1. The fraction of sp³-hybridized carbons (Fsp3) is 0.333. The zero-order valence-corrected chi connectivity index (χ0v) is 13.8. The van der Waals surface area contributed by atoms with E-state index in [0.717, 1.165) is 24.2 Å². The monoisotopic (exact) mass is 338 g/mol. The SMILES string of the molecule is COc1ccc(NC(=O)c2n[nH]c3c2CNCC3)cc1OC.Cl. The van der Waals surface area contributed by atoms with Crippen LogP contribution in [0.15, 0.2) is 18.2 Å².